The van der Waals surface area contributed by atoms with Gasteiger partial charge in [0.25, 0.3) is 5.89 Å². The molecule has 8 nitrogen and oxygen atoms in total. The molecule has 1 aromatic heterocycles. The van der Waals surface area contributed by atoms with Gasteiger partial charge in [-0.15, -0.1) is 0 Å². The van der Waals surface area contributed by atoms with Crippen molar-refractivity contribution in [2.45, 2.75) is 109 Å². The number of hydrogen-bond acceptors (Lipinski definition) is 7. The second-order valence-electron chi connectivity index (χ2n) is 14.1. The maximum Gasteiger partial charge on any atom is 0.409 e. The molecule has 3 N–H and O–H groups in total. The number of aliphatic hydroxyl groups is 1. The van der Waals surface area contributed by atoms with Gasteiger partial charge in [0, 0.05) is 16.5 Å². The van der Waals surface area contributed by atoms with Crippen LogP contribution in [0, 0.1) is 16.7 Å². The molecule has 3 fully saturated rings. The third-order valence-electron chi connectivity index (χ3n) is 9.68. The molecule has 228 valence electrons. The Morgan fingerprint density at radius 3 is 2.14 bits per heavy atom. The summed E-state index contributed by atoms with van der Waals surface area (Å²) >= 11 is 0. The number of nitriles is 1. The highest BCUT2D eigenvalue weighted by atomic mass is 19.1. The Kier molecular flexibility index (Phi) is 7.45. The van der Waals surface area contributed by atoms with Gasteiger partial charge in [-0.05, 0) is 109 Å². The quantitative estimate of drug-likeness (QED) is 0.283. The van der Waals surface area contributed by atoms with E-state index in [0.29, 0.717) is 23.6 Å². The average molecular weight is 589 g/mol. The van der Waals surface area contributed by atoms with Gasteiger partial charge in [-0.2, -0.15) is 10.2 Å². The van der Waals surface area contributed by atoms with Crippen LogP contribution in [-0.2, 0) is 28.5 Å². The van der Waals surface area contributed by atoms with Gasteiger partial charge in [0.15, 0.2) is 11.5 Å². The van der Waals surface area contributed by atoms with E-state index in [1.165, 1.54) is 13.8 Å². The van der Waals surface area contributed by atoms with E-state index in [4.69, 9.17) is 15.0 Å². The van der Waals surface area contributed by atoms with Gasteiger partial charge >= 0.3 is 6.09 Å². The summed E-state index contributed by atoms with van der Waals surface area (Å²) in [7, 11) is 0. The molecule has 2 bridgehead atoms. The lowest BCUT2D eigenvalue weighted by atomic mass is 9.52. The molecule has 2 aromatic carbocycles. The van der Waals surface area contributed by atoms with Gasteiger partial charge in [-0.1, -0.05) is 41.6 Å². The van der Waals surface area contributed by atoms with Crippen molar-refractivity contribution in [1.82, 2.24) is 10.1 Å². The molecule has 3 saturated carbocycles. The monoisotopic (exact) mass is 588 g/mol. The van der Waals surface area contributed by atoms with E-state index in [1.807, 2.05) is 36.4 Å². The smallest absolute Gasteiger partial charge is 0.409 e. The minimum Gasteiger partial charge on any atom is -0.410 e. The number of benzene rings is 2. The summed E-state index contributed by atoms with van der Waals surface area (Å²) in [5, 5.41) is 24.7. The number of aromatic nitrogens is 2. The first-order chi connectivity index (χ1) is 20.0. The molecule has 9 heteroatoms. The van der Waals surface area contributed by atoms with Crippen LogP contribution in [0.25, 0.3) is 11.1 Å². The lowest BCUT2D eigenvalue weighted by molar-refractivity contribution is 0.0341. The van der Waals surface area contributed by atoms with Crippen molar-refractivity contribution in [2.24, 2.45) is 11.1 Å². The molecular formula is C34H41FN4O4. The number of carbonyl (C=O) groups is 1. The summed E-state index contributed by atoms with van der Waals surface area (Å²) < 4.78 is 25.6. The van der Waals surface area contributed by atoms with E-state index in [1.54, 1.807) is 27.7 Å². The molecule has 0 atom stereocenters. The lowest BCUT2D eigenvalue weighted by Gasteiger charge is -2.52. The summed E-state index contributed by atoms with van der Waals surface area (Å²) in [6, 6.07) is 13.9. The molecule has 6 rings (SSSR count). The van der Waals surface area contributed by atoms with Gasteiger partial charge in [0.05, 0.1) is 17.1 Å². The highest BCUT2D eigenvalue weighted by molar-refractivity contribution is 5.76. The Morgan fingerprint density at radius 1 is 1.05 bits per heavy atom. The van der Waals surface area contributed by atoms with E-state index in [-0.39, 0.29) is 16.7 Å². The maximum absolute atomic E-state index is 14.5. The van der Waals surface area contributed by atoms with Crippen molar-refractivity contribution >= 4 is 6.09 Å². The number of nitrogens with two attached hydrogens (primary N) is 1. The highest BCUT2D eigenvalue weighted by Gasteiger charge is 2.52. The van der Waals surface area contributed by atoms with E-state index in [2.05, 4.69) is 16.2 Å². The van der Waals surface area contributed by atoms with Crippen LogP contribution >= 0.6 is 0 Å². The molecule has 3 aromatic rings. The summed E-state index contributed by atoms with van der Waals surface area (Å²) in [6.07, 6.45) is 4.85. The van der Waals surface area contributed by atoms with Gasteiger partial charge in [0.2, 0.25) is 0 Å². The number of primary amides is 1. The van der Waals surface area contributed by atoms with Crippen molar-refractivity contribution in [1.29, 1.82) is 5.26 Å². The third-order valence-corrected chi connectivity index (χ3v) is 9.68. The van der Waals surface area contributed by atoms with Gasteiger partial charge in [-0.25, -0.2) is 9.18 Å². The zero-order valence-corrected chi connectivity index (χ0v) is 25.9. The van der Waals surface area contributed by atoms with Crippen LogP contribution in [0.2, 0.25) is 0 Å². The summed E-state index contributed by atoms with van der Waals surface area (Å²) in [5.74, 6) is 0.933. The number of carbonyl (C=O) groups excluding carboxylic acids is 1. The first-order valence-corrected chi connectivity index (χ1v) is 14.9. The molecule has 0 radical (unpaired) electrons. The second-order valence-corrected chi connectivity index (χ2v) is 14.1. The minimum atomic E-state index is -1.70. The van der Waals surface area contributed by atoms with Gasteiger partial charge in [-0.3, -0.25) is 0 Å². The van der Waals surface area contributed by atoms with E-state index < -0.39 is 22.8 Å². The van der Waals surface area contributed by atoms with Crippen LogP contribution < -0.4 is 10.5 Å². The standard InChI is InChI=1S/C34H41FN4O4/c1-30(2,20-36)25-12-11-23(21-7-9-22(10-8-21)32(5,6)41)24(26(25)42-29(37)40)19-33-13-16-34(17-14-33,18-15-33)27-38-28(43-39-27)31(3,4)35/h7-12,41H,13-19H2,1-6H3,(H2,37,40). The second kappa shape index (κ2) is 10.4. The summed E-state index contributed by atoms with van der Waals surface area (Å²) in [5.41, 5.74) is 5.67. The maximum atomic E-state index is 14.5. The van der Waals surface area contributed by atoms with Crippen molar-refractivity contribution in [2.75, 3.05) is 0 Å². The van der Waals surface area contributed by atoms with Crippen molar-refractivity contribution in [3.8, 4) is 22.9 Å². The number of fused-ring (bicyclic) bond motifs is 3. The Labute approximate surface area is 252 Å². The van der Waals surface area contributed by atoms with Crippen molar-refractivity contribution in [3.05, 3.63) is 64.8 Å². The third kappa shape index (κ3) is 5.77. The molecule has 0 aliphatic heterocycles. The van der Waals surface area contributed by atoms with Crippen LogP contribution in [0.4, 0.5) is 9.18 Å². The van der Waals surface area contributed by atoms with E-state index in [0.717, 1.165) is 60.8 Å². The van der Waals surface area contributed by atoms with Crippen molar-refractivity contribution < 1.29 is 23.6 Å². The summed E-state index contributed by atoms with van der Waals surface area (Å²) in [4.78, 5) is 16.7. The number of nitrogens with zero attached hydrogens (tertiary/aromatic N) is 3. The average Bonchev–Trinajstić information content (AvgIpc) is 3.46. The molecule has 0 unspecified atom stereocenters. The van der Waals surface area contributed by atoms with E-state index in [9.17, 15) is 19.6 Å². The molecule has 1 heterocycles. The van der Waals surface area contributed by atoms with Gasteiger partial charge in [0.1, 0.15) is 5.75 Å². The SMILES string of the molecule is CC(C)(O)c1ccc(-c2ccc(C(C)(C)C#N)c(OC(N)=O)c2CC23CCC(c4noc(C(C)(C)F)n4)(CC2)CC3)cc1. The zero-order chi connectivity index (χ0) is 31.4. The zero-order valence-electron chi connectivity index (χ0n) is 25.9. The van der Waals surface area contributed by atoms with E-state index >= 15 is 0 Å². The lowest BCUT2D eigenvalue weighted by Crippen LogP contribution is -2.46. The summed E-state index contributed by atoms with van der Waals surface area (Å²) in [6.45, 7) is 9.90. The molecular weight excluding hydrogens is 547 g/mol. The first-order valence-electron chi connectivity index (χ1n) is 14.9. The number of halogens is 1. The molecule has 3 aliphatic carbocycles. The molecule has 3 aliphatic rings. The predicted octanol–water partition coefficient (Wildman–Crippen LogP) is 7.26. The number of amides is 1. The largest absolute Gasteiger partial charge is 0.410 e. The fraction of sp³-hybridized carbons (Fsp3) is 0.529. The van der Waals surface area contributed by atoms with Crippen LogP contribution in [0.15, 0.2) is 40.9 Å². The van der Waals surface area contributed by atoms with Crippen molar-refractivity contribution in [3.63, 3.8) is 0 Å². The molecule has 43 heavy (non-hydrogen) atoms. The predicted molar refractivity (Wildman–Crippen MR) is 160 cm³/mol. The Balaban J connectivity index is 1.56. The Hall–Kier alpha value is -3.77. The number of ether oxygens (including phenoxy) is 1. The Bertz CT molecular complexity index is 1550. The van der Waals surface area contributed by atoms with Gasteiger partial charge < -0.3 is 20.1 Å². The fourth-order valence-electron chi connectivity index (χ4n) is 6.82. The fourth-order valence-corrected chi connectivity index (χ4v) is 6.82. The number of rotatable bonds is 8. The van der Waals surface area contributed by atoms with Crippen LogP contribution in [0.3, 0.4) is 0 Å². The Morgan fingerprint density at radius 2 is 1.65 bits per heavy atom. The van der Waals surface area contributed by atoms with Crippen LogP contribution in [0.5, 0.6) is 5.75 Å². The van der Waals surface area contributed by atoms with Crippen LogP contribution in [0.1, 0.15) is 108 Å². The topological polar surface area (TPSA) is 135 Å². The number of hydrogen-bond donors (Lipinski definition) is 2. The minimum absolute atomic E-state index is 0.00435. The highest BCUT2D eigenvalue weighted by Crippen LogP contribution is 2.59. The molecule has 0 spiro atoms. The molecule has 0 saturated heterocycles. The first kappa shape index (κ1) is 30.7. The molecule has 1 amide bonds. The van der Waals surface area contributed by atoms with Crippen LogP contribution in [-0.4, -0.2) is 21.3 Å². The number of alkyl halides is 1. The normalized spacial score (nSPS) is 22.3.